The van der Waals surface area contributed by atoms with Crippen LogP contribution in [0.2, 0.25) is 0 Å². The molecule has 0 aromatic heterocycles. The average Bonchev–Trinajstić information content (AvgIpc) is 2.52. The van der Waals surface area contributed by atoms with Crippen LogP contribution in [0.4, 0.5) is 17.6 Å². The summed E-state index contributed by atoms with van der Waals surface area (Å²) in [6.45, 7) is 2.53. The highest BCUT2D eigenvalue weighted by Crippen LogP contribution is 2.36. The Bertz CT molecular complexity index is 564. The van der Waals surface area contributed by atoms with Crippen molar-refractivity contribution in [3.63, 3.8) is 0 Å². The van der Waals surface area contributed by atoms with Crippen LogP contribution in [0, 0.1) is 11.2 Å². The van der Waals surface area contributed by atoms with Crippen molar-refractivity contribution in [2.24, 2.45) is 5.41 Å². The van der Waals surface area contributed by atoms with E-state index in [1.165, 1.54) is 0 Å². The van der Waals surface area contributed by atoms with Gasteiger partial charge in [0, 0.05) is 30.6 Å². The van der Waals surface area contributed by atoms with Crippen LogP contribution in [0.5, 0.6) is 0 Å². The van der Waals surface area contributed by atoms with Gasteiger partial charge < -0.3 is 10.2 Å². The average molecular weight is 349 g/mol. The minimum Gasteiger partial charge on any atom is -0.396 e. The minimum atomic E-state index is -4.52. The number of piperidine rings is 1. The monoisotopic (exact) mass is 349 g/mol. The molecule has 7 heteroatoms. The number of nitrogens with zero attached hydrogens (tertiary/aromatic N) is 1. The van der Waals surface area contributed by atoms with Gasteiger partial charge in [-0.2, -0.15) is 13.2 Å². The first-order chi connectivity index (χ1) is 11.2. The predicted octanol–water partition coefficient (Wildman–Crippen LogP) is 3.19. The van der Waals surface area contributed by atoms with Crippen molar-refractivity contribution in [2.75, 3.05) is 19.7 Å². The van der Waals surface area contributed by atoms with E-state index in [9.17, 15) is 27.8 Å². The lowest BCUT2D eigenvalue weighted by atomic mass is 9.74. The van der Waals surface area contributed by atoms with E-state index in [0.29, 0.717) is 25.9 Å². The number of aliphatic hydroxyl groups is 2. The molecule has 1 aromatic rings. The van der Waals surface area contributed by atoms with Gasteiger partial charge in [0.25, 0.3) is 0 Å². The van der Waals surface area contributed by atoms with Crippen molar-refractivity contribution >= 4 is 0 Å². The molecule has 0 bridgehead atoms. The number of halogens is 4. The molecule has 2 rings (SSSR count). The summed E-state index contributed by atoms with van der Waals surface area (Å²) >= 11 is 0. The SMILES string of the molecule is CCC[C@@]1(CO)CN(Cc2cc(C(F)(F)F)ccc2F)CC[C@@H]1O. The summed E-state index contributed by atoms with van der Waals surface area (Å²) in [5.74, 6) is -0.681. The first kappa shape index (κ1) is 19.1. The second kappa shape index (κ2) is 7.37. The van der Waals surface area contributed by atoms with E-state index in [0.717, 1.165) is 24.6 Å². The smallest absolute Gasteiger partial charge is 0.396 e. The third-order valence-corrected chi connectivity index (χ3v) is 4.79. The van der Waals surface area contributed by atoms with Crippen molar-refractivity contribution in [1.82, 2.24) is 4.90 Å². The van der Waals surface area contributed by atoms with Crippen molar-refractivity contribution < 1.29 is 27.8 Å². The Balaban J connectivity index is 2.19. The largest absolute Gasteiger partial charge is 0.416 e. The van der Waals surface area contributed by atoms with Crippen molar-refractivity contribution in [2.45, 2.75) is 45.0 Å². The Kier molecular flexibility index (Phi) is 5.88. The standard InChI is InChI=1S/C17H23F4NO2/c1-2-6-16(11-23)10-22(7-5-15(16)24)9-12-8-13(17(19,20)21)3-4-14(12)18/h3-4,8,15,23-24H,2,5-7,9-11H2,1H3/t15-,16-/m0/s1. The topological polar surface area (TPSA) is 43.7 Å². The van der Waals surface area contributed by atoms with E-state index < -0.39 is 29.1 Å². The second-order valence-electron chi connectivity index (χ2n) is 6.59. The van der Waals surface area contributed by atoms with Crippen LogP contribution in [0.3, 0.4) is 0 Å². The Labute approximate surface area is 138 Å². The first-order valence-corrected chi connectivity index (χ1v) is 8.09. The Morgan fingerprint density at radius 1 is 1.33 bits per heavy atom. The zero-order valence-corrected chi connectivity index (χ0v) is 13.6. The minimum absolute atomic E-state index is 0.0218. The predicted molar refractivity (Wildman–Crippen MR) is 81.7 cm³/mol. The molecular weight excluding hydrogens is 326 g/mol. The highest BCUT2D eigenvalue weighted by molar-refractivity contribution is 5.27. The van der Waals surface area contributed by atoms with Crippen LogP contribution >= 0.6 is 0 Å². The third-order valence-electron chi connectivity index (χ3n) is 4.79. The van der Waals surface area contributed by atoms with Gasteiger partial charge in [0.05, 0.1) is 18.3 Å². The molecule has 1 saturated heterocycles. The van der Waals surface area contributed by atoms with Crippen molar-refractivity contribution in [3.8, 4) is 0 Å². The van der Waals surface area contributed by atoms with Crippen LogP contribution in [0.1, 0.15) is 37.3 Å². The molecule has 0 saturated carbocycles. The molecule has 0 aliphatic carbocycles. The van der Waals surface area contributed by atoms with E-state index in [1.807, 2.05) is 6.92 Å². The summed E-state index contributed by atoms with van der Waals surface area (Å²) in [4.78, 5) is 1.80. The molecule has 3 nitrogen and oxygen atoms in total. The van der Waals surface area contributed by atoms with Crippen molar-refractivity contribution in [1.29, 1.82) is 0 Å². The molecule has 0 radical (unpaired) electrons. The van der Waals surface area contributed by atoms with E-state index in [4.69, 9.17) is 0 Å². The molecule has 0 spiro atoms. The zero-order chi connectivity index (χ0) is 18.0. The summed E-state index contributed by atoms with van der Waals surface area (Å²) in [7, 11) is 0. The summed E-state index contributed by atoms with van der Waals surface area (Å²) in [6, 6.07) is 2.40. The number of hydrogen-bond acceptors (Lipinski definition) is 3. The van der Waals surface area contributed by atoms with Gasteiger partial charge in [-0.25, -0.2) is 4.39 Å². The maximum atomic E-state index is 13.9. The molecule has 2 N–H and O–H groups in total. The van der Waals surface area contributed by atoms with E-state index >= 15 is 0 Å². The number of benzene rings is 1. The number of alkyl halides is 3. The fourth-order valence-corrected chi connectivity index (χ4v) is 3.47. The van der Waals surface area contributed by atoms with Crippen LogP contribution in [0.25, 0.3) is 0 Å². The highest BCUT2D eigenvalue weighted by Gasteiger charge is 2.41. The maximum Gasteiger partial charge on any atom is 0.416 e. The quantitative estimate of drug-likeness (QED) is 0.803. The zero-order valence-electron chi connectivity index (χ0n) is 13.6. The Morgan fingerprint density at radius 3 is 2.62 bits per heavy atom. The normalized spacial score (nSPS) is 25.9. The summed E-state index contributed by atoms with van der Waals surface area (Å²) in [6.07, 6.45) is -3.40. The van der Waals surface area contributed by atoms with Crippen LogP contribution in [-0.2, 0) is 12.7 Å². The van der Waals surface area contributed by atoms with Gasteiger partial charge in [0.15, 0.2) is 0 Å². The number of rotatable bonds is 5. The molecule has 1 aliphatic rings. The molecule has 0 unspecified atom stereocenters. The van der Waals surface area contributed by atoms with Crippen LogP contribution < -0.4 is 0 Å². The van der Waals surface area contributed by atoms with Gasteiger partial charge in [-0.15, -0.1) is 0 Å². The first-order valence-electron chi connectivity index (χ1n) is 8.09. The lowest BCUT2D eigenvalue weighted by molar-refractivity contribution is -0.137. The lowest BCUT2D eigenvalue weighted by Gasteiger charge is -2.45. The molecule has 24 heavy (non-hydrogen) atoms. The molecule has 2 atom stereocenters. The third kappa shape index (κ3) is 4.07. The number of aliphatic hydroxyl groups excluding tert-OH is 2. The maximum absolute atomic E-state index is 13.9. The summed E-state index contributed by atoms with van der Waals surface area (Å²) < 4.78 is 52.3. The fraction of sp³-hybridized carbons (Fsp3) is 0.647. The lowest BCUT2D eigenvalue weighted by Crippen LogP contribution is -2.53. The molecule has 1 aromatic carbocycles. The van der Waals surface area contributed by atoms with Gasteiger partial charge in [-0.3, -0.25) is 4.90 Å². The van der Waals surface area contributed by atoms with Gasteiger partial charge >= 0.3 is 6.18 Å². The van der Waals surface area contributed by atoms with E-state index in [2.05, 4.69) is 0 Å². The molecule has 136 valence electrons. The number of hydrogen-bond donors (Lipinski definition) is 2. The molecular formula is C17H23F4NO2. The van der Waals surface area contributed by atoms with Crippen LogP contribution in [0.15, 0.2) is 18.2 Å². The van der Waals surface area contributed by atoms with E-state index in [1.54, 1.807) is 4.90 Å². The number of likely N-dealkylation sites (tertiary alicyclic amines) is 1. The van der Waals surface area contributed by atoms with Gasteiger partial charge in [-0.1, -0.05) is 13.3 Å². The Hall–Kier alpha value is -1.18. The summed E-state index contributed by atoms with van der Waals surface area (Å²) in [5, 5.41) is 20.0. The van der Waals surface area contributed by atoms with Crippen LogP contribution in [-0.4, -0.2) is 40.9 Å². The van der Waals surface area contributed by atoms with Gasteiger partial charge in [0.1, 0.15) is 5.82 Å². The highest BCUT2D eigenvalue weighted by atomic mass is 19.4. The van der Waals surface area contributed by atoms with Gasteiger partial charge in [0.2, 0.25) is 0 Å². The van der Waals surface area contributed by atoms with Gasteiger partial charge in [-0.05, 0) is 31.0 Å². The summed E-state index contributed by atoms with van der Waals surface area (Å²) in [5.41, 5.74) is -1.60. The Morgan fingerprint density at radius 2 is 2.04 bits per heavy atom. The van der Waals surface area contributed by atoms with Crippen molar-refractivity contribution in [3.05, 3.63) is 35.1 Å². The van der Waals surface area contributed by atoms with E-state index in [-0.39, 0.29) is 18.7 Å². The fourth-order valence-electron chi connectivity index (χ4n) is 3.47. The molecule has 1 aliphatic heterocycles. The molecule has 1 heterocycles. The molecule has 1 fully saturated rings. The second-order valence-corrected chi connectivity index (χ2v) is 6.59. The molecule has 0 amide bonds.